The number of benzene rings is 1. The fourth-order valence-corrected chi connectivity index (χ4v) is 2.83. The number of carbonyl (C=O) groups is 1. The molecule has 0 fully saturated rings. The molecular formula is C15H15N3O3. The minimum absolute atomic E-state index is 0.0146. The zero-order chi connectivity index (χ0) is 15.2. The van der Waals surface area contributed by atoms with Gasteiger partial charge in [0.2, 0.25) is 0 Å². The van der Waals surface area contributed by atoms with Crippen molar-refractivity contribution >= 4 is 11.5 Å². The molecule has 1 aliphatic rings. The van der Waals surface area contributed by atoms with Crippen molar-refractivity contribution in [3.8, 4) is 5.69 Å². The normalized spacial score (nSPS) is 16.6. The summed E-state index contributed by atoms with van der Waals surface area (Å²) in [6.45, 7) is 4.04. The second-order valence-electron chi connectivity index (χ2n) is 6.10. The number of aromatic nitrogens is 2. The molecule has 0 atom stereocenters. The molecule has 0 bridgehead atoms. The molecule has 0 saturated carbocycles. The van der Waals surface area contributed by atoms with E-state index in [1.165, 1.54) is 16.9 Å². The highest BCUT2D eigenvalue weighted by Crippen LogP contribution is 2.36. The Hall–Kier alpha value is -2.50. The number of nitro groups is 1. The Morgan fingerprint density at radius 1 is 1.29 bits per heavy atom. The van der Waals surface area contributed by atoms with Crippen molar-refractivity contribution in [2.75, 3.05) is 0 Å². The molecule has 0 saturated heterocycles. The zero-order valence-corrected chi connectivity index (χ0v) is 11.9. The smallest absolute Gasteiger partial charge is 0.294 e. The number of Topliss-reactive ketones (excluding diaryl/α,β-unsaturated/α-hetero) is 1. The van der Waals surface area contributed by atoms with Gasteiger partial charge in [-0.05, 0) is 17.9 Å². The third-order valence-corrected chi connectivity index (χ3v) is 3.76. The highest BCUT2D eigenvalue weighted by atomic mass is 16.6. The van der Waals surface area contributed by atoms with Crippen LogP contribution < -0.4 is 0 Å². The van der Waals surface area contributed by atoms with E-state index in [2.05, 4.69) is 5.10 Å². The lowest BCUT2D eigenvalue weighted by Crippen LogP contribution is -2.28. The molecule has 6 heteroatoms. The lowest BCUT2D eigenvalue weighted by molar-refractivity contribution is -0.384. The highest BCUT2D eigenvalue weighted by molar-refractivity contribution is 5.98. The molecule has 1 heterocycles. The van der Waals surface area contributed by atoms with E-state index in [4.69, 9.17) is 0 Å². The summed E-state index contributed by atoms with van der Waals surface area (Å²) in [4.78, 5) is 22.9. The van der Waals surface area contributed by atoms with Crippen LogP contribution in [-0.4, -0.2) is 20.5 Å². The van der Waals surface area contributed by atoms with Crippen molar-refractivity contribution in [2.24, 2.45) is 5.41 Å². The second kappa shape index (κ2) is 4.51. The number of hydrogen-bond acceptors (Lipinski definition) is 4. The van der Waals surface area contributed by atoms with Gasteiger partial charge in [0, 0.05) is 12.5 Å². The monoisotopic (exact) mass is 285 g/mol. The minimum atomic E-state index is -0.431. The van der Waals surface area contributed by atoms with Crippen molar-refractivity contribution in [3.63, 3.8) is 0 Å². The van der Waals surface area contributed by atoms with Crippen molar-refractivity contribution in [2.45, 2.75) is 26.7 Å². The Labute approximate surface area is 121 Å². The Morgan fingerprint density at radius 2 is 2.00 bits per heavy atom. The van der Waals surface area contributed by atoms with E-state index in [-0.39, 0.29) is 16.9 Å². The van der Waals surface area contributed by atoms with Crippen molar-refractivity contribution < 1.29 is 9.72 Å². The molecule has 0 aliphatic heterocycles. The largest absolute Gasteiger partial charge is 0.294 e. The van der Waals surface area contributed by atoms with Crippen LogP contribution in [-0.2, 0) is 6.42 Å². The summed E-state index contributed by atoms with van der Waals surface area (Å²) >= 11 is 0. The van der Waals surface area contributed by atoms with Gasteiger partial charge in [-0.15, -0.1) is 0 Å². The van der Waals surface area contributed by atoms with Gasteiger partial charge < -0.3 is 0 Å². The van der Waals surface area contributed by atoms with Gasteiger partial charge in [0.1, 0.15) is 5.69 Å². The number of nitro benzene ring substituents is 1. The lowest BCUT2D eigenvalue weighted by atomic mass is 9.76. The fraction of sp³-hybridized carbons (Fsp3) is 0.333. The van der Waals surface area contributed by atoms with Gasteiger partial charge in [0.25, 0.3) is 5.69 Å². The van der Waals surface area contributed by atoms with Crippen LogP contribution in [0.1, 0.15) is 36.3 Å². The third-order valence-electron chi connectivity index (χ3n) is 3.76. The topological polar surface area (TPSA) is 78.0 Å². The SMILES string of the molecule is CC1(C)CC(=O)c2cnn(-c3ccccc3[N+](=O)[O-])c2C1. The summed E-state index contributed by atoms with van der Waals surface area (Å²) in [7, 11) is 0. The molecule has 1 aromatic carbocycles. The van der Waals surface area contributed by atoms with Crippen molar-refractivity contribution in [1.29, 1.82) is 0 Å². The van der Waals surface area contributed by atoms with Gasteiger partial charge >= 0.3 is 0 Å². The minimum Gasteiger partial charge on any atom is -0.294 e. The maximum Gasteiger partial charge on any atom is 0.294 e. The van der Waals surface area contributed by atoms with Gasteiger partial charge in [-0.3, -0.25) is 14.9 Å². The molecule has 0 amide bonds. The predicted molar refractivity (Wildman–Crippen MR) is 76.7 cm³/mol. The van der Waals surface area contributed by atoms with Gasteiger partial charge in [-0.1, -0.05) is 26.0 Å². The average Bonchev–Trinajstić information content (AvgIpc) is 2.80. The van der Waals surface area contributed by atoms with E-state index in [9.17, 15) is 14.9 Å². The Bertz CT molecular complexity index is 746. The first-order valence-electron chi connectivity index (χ1n) is 6.73. The third kappa shape index (κ3) is 2.22. The number of hydrogen-bond donors (Lipinski definition) is 0. The standard InChI is InChI=1S/C15H15N3O3/c1-15(2)7-13-10(14(19)8-15)9-16-17(13)11-5-3-4-6-12(11)18(20)21/h3-6,9H,7-8H2,1-2H3. The molecule has 0 radical (unpaired) electrons. The molecule has 1 aromatic heterocycles. The van der Waals surface area contributed by atoms with E-state index in [0.717, 1.165) is 5.69 Å². The number of rotatable bonds is 2. The number of nitrogens with zero attached hydrogens (tertiary/aromatic N) is 3. The fourth-order valence-electron chi connectivity index (χ4n) is 2.83. The first-order chi connectivity index (χ1) is 9.89. The molecule has 6 nitrogen and oxygen atoms in total. The Balaban J connectivity index is 2.19. The van der Waals surface area contributed by atoms with Crippen LogP contribution in [0.15, 0.2) is 30.5 Å². The molecule has 1 aliphatic carbocycles. The number of ketones is 1. The van der Waals surface area contributed by atoms with Crippen LogP contribution in [0.2, 0.25) is 0 Å². The summed E-state index contributed by atoms with van der Waals surface area (Å²) in [6, 6.07) is 6.44. The van der Waals surface area contributed by atoms with E-state index >= 15 is 0 Å². The van der Waals surface area contributed by atoms with Gasteiger partial charge in [0.15, 0.2) is 5.78 Å². The van der Waals surface area contributed by atoms with Crippen LogP contribution in [0.5, 0.6) is 0 Å². The summed E-state index contributed by atoms with van der Waals surface area (Å²) in [5.74, 6) is 0.0473. The highest BCUT2D eigenvalue weighted by Gasteiger charge is 2.34. The van der Waals surface area contributed by atoms with Crippen LogP contribution >= 0.6 is 0 Å². The maximum absolute atomic E-state index is 12.2. The molecular weight excluding hydrogens is 270 g/mol. The average molecular weight is 285 g/mol. The van der Waals surface area contributed by atoms with E-state index in [1.807, 2.05) is 13.8 Å². The first-order valence-corrected chi connectivity index (χ1v) is 6.73. The Morgan fingerprint density at radius 3 is 2.71 bits per heavy atom. The second-order valence-corrected chi connectivity index (χ2v) is 6.10. The molecule has 3 rings (SSSR count). The van der Waals surface area contributed by atoms with E-state index in [1.54, 1.807) is 18.2 Å². The first kappa shape index (κ1) is 13.5. The zero-order valence-electron chi connectivity index (χ0n) is 11.9. The molecule has 0 spiro atoms. The van der Waals surface area contributed by atoms with Crippen LogP contribution in [0.25, 0.3) is 5.69 Å². The summed E-state index contributed by atoms with van der Waals surface area (Å²) in [5, 5.41) is 15.4. The summed E-state index contributed by atoms with van der Waals surface area (Å²) in [5.41, 5.74) is 1.55. The van der Waals surface area contributed by atoms with E-state index in [0.29, 0.717) is 24.1 Å². The van der Waals surface area contributed by atoms with Crippen molar-refractivity contribution in [3.05, 3.63) is 51.8 Å². The number of carbonyl (C=O) groups excluding carboxylic acids is 1. The molecule has 21 heavy (non-hydrogen) atoms. The van der Waals surface area contributed by atoms with Crippen molar-refractivity contribution in [1.82, 2.24) is 9.78 Å². The predicted octanol–water partition coefficient (Wildman–Crippen LogP) is 2.94. The molecule has 0 unspecified atom stereocenters. The van der Waals surface area contributed by atoms with Crippen LogP contribution in [0, 0.1) is 15.5 Å². The van der Waals surface area contributed by atoms with E-state index < -0.39 is 4.92 Å². The van der Waals surface area contributed by atoms with Gasteiger partial charge in [-0.2, -0.15) is 5.10 Å². The van der Waals surface area contributed by atoms with Crippen LogP contribution in [0.3, 0.4) is 0 Å². The number of para-hydroxylation sites is 2. The molecule has 108 valence electrons. The molecule has 0 N–H and O–H groups in total. The van der Waals surface area contributed by atoms with Gasteiger partial charge in [0.05, 0.1) is 22.4 Å². The number of fused-ring (bicyclic) bond motifs is 1. The quantitative estimate of drug-likeness (QED) is 0.627. The summed E-state index contributed by atoms with van der Waals surface area (Å²) in [6.07, 6.45) is 2.66. The molecule has 2 aromatic rings. The maximum atomic E-state index is 12.2. The van der Waals surface area contributed by atoms with Crippen LogP contribution in [0.4, 0.5) is 5.69 Å². The lowest BCUT2D eigenvalue weighted by Gasteiger charge is -2.28. The Kier molecular flexibility index (Phi) is 2.90. The van der Waals surface area contributed by atoms with Gasteiger partial charge in [-0.25, -0.2) is 4.68 Å². The summed E-state index contributed by atoms with van der Waals surface area (Å²) < 4.78 is 1.53.